The summed E-state index contributed by atoms with van der Waals surface area (Å²) in [6, 6.07) is 12.4. The number of rotatable bonds is 4. The zero-order chi connectivity index (χ0) is 13.9. The van der Waals surface area contributed by atoms with Crippen molar-refractivity contribution in [1.82, 2.24) is 0 Å². The lowest BCUT2D eigenvalue weighted by Gasteiger charge is -2.11. The lowest BCUT2D eigenvalue weighted by Crippen LogP contribution is -1.99. The third-order valence-electron chi connectivity index (χ3n) is 3.72. The zero-order valence-electron chi connectivity index (χ0n) is 11.2. The van der Waals surface area contributed by atoms with Crippen LogP contribution in [-0.4, -0.2) is 0 Å². The van der Waals surface area contributed by atoms with Crippen molar-refractivity contribution in [3.63, 3.8) is 0 Å². The standard InChI is InChI=1S/C17H16BrClO/c18-10-15-9-16(19)6-7-17(15)20-11-12-4-5-13-2-1-3-14(13)8-12/h4-9H,1-3,10-11H2. The first-order valence-electron chi connectivity index (χ1n) is 6.84. The minimum atomic E-state index is 0.606. The lowest BCUT2D eigenvalue weighted by molar-refractivity contribution is 0.304. The second-order valence-corrected chi connectivity index (χ2v) is 6.13. The molecule has 3 rings (SSSR count). The van der Waals surface area contributed by atoms with Crippen LogP contribution in [0.5, 0.6) is 5.75 Å². The molecule has 0 saturated heterocycles. The Kier molecular flexibility index (Phi) is 4.32. The van der Waals surface area contributed by atoms with Gasteiger partial charge >= 0.3 is 0 Å². The molecule has 1 nitrogen and oxygen atoms in total. The molecule has 0 aliphatic heterocycles. The maximum absolute atomic E-state index is 6.00. The van der Waals surface area contributed by atoms with Gasteiger partial charge in [0, 0.05) is 15.9 Å². The summed E-state index contributed by atoms with van der Waals surface area (Å²) in [6.07, 6.45) is 3.71. The van der Waals surface area contributed by atoms with Crippen LogP contribution in [-0.2, 0) is 24.8 Å². The summed E-state index contributed by atoms with van der Waals surface area (Å²) in [5, 5.41) is 1.48. The summed E-state index contributed by atoms with van der Waals surface area (Å²) in [6.45, 7) is 0.606. The minimum Gasteiger partial charge on any atom is -0.489 e. The first kappa shape index (κ1) is 14.0. The van der Waals surface area contributed by atoms with E-state index in [-0.39, 0.29) is 0 Å². The van der Waals surface area contributed by atoms with Crippen molar-refractivity contribution in [2.45, 2.75) is 31.2 Å². The molecular weight excluding hydrogens is 336 g/mol. The molecule has 1 aliphatic carbocycles. The largest absolute Gasteiger partial charge is 0.489 e. The Hall–Kier alpha value is -0.990. The third-order valence-corrected chi connectivity index (χ3v) is 4.56. The fourth-order valence-corrected chi connectivity index (χ4v) is 3.30. The molecule has 0 spiro atoms. The molecule has 0 bridgehead atoms. The van der Waals surface area contributed by atoms with Gasteiger partial charge in [-0.2, -0.15) is 0 Å². The number of alkyl halides is 1. The quantitative estimate of drug-likeness (QED) is 0.679. The van der Waals surface area contributed by atoms with Gasteiger partial charge in [-0.05, 0) is 54.2 Å². The van der Waals surface area contributed by atoms with Crippen molar-refractivity contribution >= 4 is 27.5 Å². The molecule has 2 aromatic carbocycles. The van der Waals surface area contributed by atoms with Crippen LogP contribution in [0.3, 0.4) is 0 Å². The molecule has 104 valence electrons. The third kappa shape index (κ3) is 3.02. The summed E-state index contributed by atoms with van der Waals surface area (Å²) in [5.74, 6) is 0.895. The Morgan fingerprint density at radius 1 is 1.05 bits per heavy atom. The van der Waals surface area contributed by atoms with Crippen LogP contribution in [0.1, 0.15) is 28.7 Å². The van der Waals surface area contributed by atoms with Crippen molar-refractivity contribution in [2.24, 2.45) is 0 Å². The van der Waals surface area contributed by atoms with Gasteiger partial charge in [0.2, 0.25) is 0 Å². The maximum atomic E-state index is 6.00. The summed E-state index contributed by atoms with van der Waals surface area (Å²) in [5.41, 5.74) is 5.31. The monoisotopic (exact) mass is 350 g/mol. The summed E-state index contributed by atoms with van der Waals surface area (Å²) in [7, 11) is 0. The Morgan fingerprint density at radius 2 is 1.90 bits per heavy atom. The normalized spacial score (nSPS) is 13.3. The number of ether oxygens (including phenoxy) is 1. The molecule has 0 N–H and O–H groups in total. The second-order valence-electron chi connectivity index (χ2n) is 5.13. The van der Waals surface area contributed by atoms with Gasteiger partial charge in [-0.25, -0.2) is 0 Å². The van der Waals surface area contributed by atoms with Crippen molar-refractivity contribution in [1.29, 1.82) is 0 Å². The number of fused-ring (bicyclic) bond motifs is 1. The fourth-order valence-electron chi connectivity index (χ4n) is 2.67. The maximum Gasteiger partial charge on any atom is 0.123 e. The molecule has 1 aliphatic rings. The SMILES string of the molecule is Clc1ccc(OCc2ccc3c(c2)CCC3)c(CBr)c1. The first-order chi connectivity index (χ1) is 9.76. The van der Waals surface area contributed by atoms with Crippen molar-refractivity contribution < 1.29 is 4.74 Å². The Balaban J connectivity index is 1.73. The number of aryl methyl sites for hydroxylation is 2. The fraction of sp³-hybridized carbons (Fsp3) is 0.294. The van der Waals surface area contributed by atoms with Crippen LogP contribution in [0.4, 0.5) is 0 Å². The number of hydrogen-bond acceptors (Lipinski definition) is 1. The predicted octanol–water partition coefficient (Wildman–Crippen LogP) is 5.30. The zero-order valence-corrected chi connectivity index (χ0v) is 13.5. The summed E-state index contributed by atoms with van der Waals surface area (Å²) < 4.78 is 5.94. The smallest absolute Gasteiger partial charge is 0.123 e. The van der Waals surface area contributed by atoms with E-state index in [4.69, 9.17) is 16.3 Å². The molecule has 0 heterocycles. The molecule has 3 heteroatoms. The van der Waals surface area contributed by atoms with Crippen LogP contribution < -0.4 is 4.74 Å². The van der Waals surface area contributed by atoms with Gasteiger partial charge in [-0.1, -0.05) is 45.7 Å². The highest BCUT2D eigenvalue weighted by molar-refractivity contribution is 9.08. The Labute approximate surface area is 133 Å². The van der Waals surface area contributed by atoms with Crippen molar-refractivity contribution in [3.05, 3.63) is 63.7 Å². The van der Waals surface area contributed by atoms with E-state index in [0.717, 1.165) is 21.7 Å². The first-order valence-corrected chi connectivity index (χ1v) is 8.34. The van der Waals surface area contributed by atoms with E-state index in [1.165, 1.54) is 36.0 Å². The molecule has 2 aromatic rings. The number of hydrogen-bond donors (Lipinski definition) is 0. The lowest BCUT2D eigenvalue weighted by atomic mass is 10.1. The Morgan fingerprint density at radius 3 is 2.75 bits per heavy atom. The minimum absolute atomic E-state index is 0.606. The molecule has 0 saturated carbocycles. The highest BCUT2D eigenvalue weighted by Crippen LogP contribution is 2.27. The molecule has 0 amide bonds. The van der Waals surface area contributed by atoms with E-state index >= 15 is 0 Å². The average Bonchev–Trinajstić information content (AvgIpc) is 2.93. The van der Waals surface area contributed by atoms with Gasteiger partial charge < -0.3 is 4.74 Å². The van der Waals surface area contributed by atoms with E-state index < -0.39 is 0 Å². The van der Waals surface area contributed by atoms with E-state index in [9.17, 15) is 0 Å². The number of benzene rings is 2. The van der Waals surface area contributed by atoms with Crippen molar-refractivity contribution in [3.8, 4) is 5.75 Å². The molecule has 0 fully saturated rings. The highest BCUT2D eigenvalue weighted by atomic mass is 79.9. The Bertz CT molecular complexity index is 624. The molecular formula is C17H16BrClO. The summed E-state index contributed by atoms with van der Waals surface area (Å²) in [4.78, 5) is 0. The molecule has 0 aromatic heterocycles. The van der Waals surface area contributed by atoms with Crippen LogP contribution in [0.2, 0.25) is 5.02 Å². The van der Waals surface area contributed by atoms with Gasteiger partial charge in [0.05, 0.1) is 0 Å². The van der Waals surface area contributed by atoms with E-state index in [0.29, 0.717) is 6.61 Å². The topological polar surface area (TPSA) is 9.23 Å². The van der Waals surface area contributed by atoms with Gasteiger partial charge in [-0.15, -0.1) is 0 Å². The van der Waals surface area contributed by atoms with Gasteiger partial charge in [0.25, 0.3) is 0 Å². The van der Waals surface area contributed by atoms with E-state index in [1.807, 2.05) is 18.2 Å². The predicted molar refractivity (Wildman–Crippen MR) is 86.9 cm³/mol. The van der Waals surface area contributed by atoms with Crippen LogP contribution in [0, 0.1) is 0 Å². The van der Waals surface area contributed by atoms with Gasteiger partial charge in [0.1, 0.15) is 12.4 Å². The summed E-state index contributed by atoms with van der Waals surface area (Å²) >= 11 is 9.47. The highest BCUT2D eigenvalue weighted by Gasteiger charge is 2.11. The van der Waals surface area contributed by atoms with Crippen LogP contribution in [0.25, 0.3) is 0 Å². The van der Waals surface area contributed by atoms with Gasteiger partial charge in [-0.3, -0.25) is 0 Å². The number of halogens is 2. The molecule has 20 heavy (non-hydrogen) atoms. The second kappa shape index (κ2) is 6.19. The molecule has 0 unspecified atom stereocenters. The van der Waals surface area contributed by atoms with Crippen molar-refractivity contribution in [2.75, 3.05) is 0 Å². The van der Waals surface area contributed by atoms with Crippen LogP contribution >= 0.6 is 27.5 Å². The van der Waals surface area contributed by atoms with Gasteiger partial charge in [0.15, 0.2) is 0 Å². The van der Waals surface area contributed by atoms with E-state index in [2.05, 4.69) is 34.1 Å². The molecule has 0 radical (unpaired) electrons. The molecule has 0 atom stereocenters. The average molecular weight is 352 g/mol. The van der Waals surface area contributed by atoms with Crippen LogP contribution in [0.15, 0.2) is 36.4 Å². The van der Waals surface area contributed by atoms with E-state index in [1.54, 1.807) is 0 Å².